The fraction of sp³-hybridized carbons (Fsp3) is 0.286. The van der Waals surface area contributed by atoms with Crippen LogP contribution >= 0.6 is 0 Å². The van der Waals surface area contributed by atoms with Gasteiger partial charge in [-0.05, 0) is 19.1 Å². The number of ether oxygens (including phenoxy) is 1. The smallest absolute Gasteiger partial charge is 0.325 e. The first kappa shape index (κ1) is 14.7. The number of hydrogen-bond acceptors (Lipinski definition) is 6. The van der Waals surface area contributed by atoms with E-state index in [0.29, 0.717) is 23.1 Å². The van der Waals surface area contributed by atoms with Gasteiger partial charge in [0.15, 0.2) is 0 Å². The molecule has 2 rings (SSSR count). The Kier molecular flexibility index (Phi) is 4.32. The Morgan fingerprint density at radius 2 is 2.14 bits per heavy atom. The van der Waals surface area contributed by atoms with Crippen molar-refractivity contribution in [2.24, 2.45) is 0 Å². The summed E-state index contributed by atoms with van der Waals surface area (Å²) in [5, 5.41) is 12.2. The molecule has 2 aromatic rings. The Morgan fingerprint density at radius 3 is 2.81 bits per heavy atom. The fourth-order valence-electron chi connectivity index (χ4n) is 2.14. The summed E-state index contributed by atoms with van der Waals surface area (Å²) in [5.41, 5.74) is 0.706. The van der Waals surface area contributed by atoms with Crippen molar-refractivity contribution in [2.45, 2.75) is 6.92 Å². The van der Waals surface area contributed by atoms with Gasteiger partial charge in [-0.1, -0.05) is 0 Å². The number of carbonyl (C=O) groups excluding carboxylic acids is 1. The van der Waals surface area contributed by atoms with Crippen LogP contribution in [0.15, 0.2) is 30.6 Å². The second-order valence-corrected chi connectivity index (χ2v) is 4.44. The van der Waals surface area contributed by atoms with Gasteiger partial charge in [-0.25, -0.2) is 0 Å². The van der Waals surface area contributed by atoms with E-state index in [9.17, 15) is 14.9 Å². The third kappa shape index (κ3) is 3.07. The summed E-state index contributed by atoms with van der Waals surface area (Å²) < 4.78 is 4.90. The Hall–Kier alpha value is -2.70. The third-order valence-electron chi connectivity index (χ3n) is 3.05. The molecule has 0 fully saturated rings. The number of non-ortho nitro benzene ring substituents is 1. The SMILES string of the molecule is CCOC(=O)CN(C)c1ccc([N+](=O)[O-])c2ccncc12. The number of nitro groups is 1. The highest BCUT2D eigenvalue weighted by molar-refractivity contribution is 6.00. The zero-order chi connectivity index (χ0) is 15.4. The lowest BCUT2D eigenvalue weighted by molar-refractivity contribution is -0.383. The molecule has 0 bridgehead atoms. The number of likely N-dealkylation sites (N-methyl/N-ethyl adjacent to an activating group) is 1. The number of anilines is 1. The average molecular weight is 289 g/mol. The van der Waals surface area contributed by atoms with Gasteiger partial charge in [0.2, 0.25) is 0 Å². The van der Waals surface area contributed by atoms with Crippen LogP contribution in [-0.4, -0.2) is 36.1 Å². The van der Waals surface area contributed by atoms with Crippen LogP contribution in [0.1, 0.15) is 6.92 Å². The number of aromatic nitrogens is 1. The van der Waals surface area contributed by atoms with Gasteiger partial charge in [-0.3, -0.25) is 19.9 Å². The standard InChI is InChI=1S/C14H15N3O4/c1-3-21-14(18)9-16(2)12-4-5-13(17(19)20)10-6-7-15-8-11(10)12/h4-8H,3,9H2,1-2H3. The molecule has 0 radical (unpaired) electrons. The quantitative estimate of drug-likeness (QED) is 0.476. The molecule has 1 aromatic carbocycles. The number of carbonyl (C=O) groups is 1. The van der Waals surface area contributed by atoms with Gasteiger partial charge in [0.1, 0.15) is 6.54 Å². The lowest BCUT2D eigenvalue weighted by Crippen LogP contribution is -2.27. The summed E-state index contributed by atoms with van der Waals surface area (Å²) >= 11 is 0. The number of nitrogens with zero attached hydrogens (tertiary/aromatic N) is 3. The average Bonchev–Trinajstić information content (AvgIpc) is 2.45. The van der Waals surface area contributed by atoms with E-state index in [1.54, 1.807) is 37.2 Å². The molecule has 7 heteroatoms. The molecular weight excluding hydrogens is 274 g/mol. The van der Waals surface area contributed by atoms with E-state index in [1.165, 1.54) is 12.3 Å². The van der Waals surface area contributed by atoms with Gasteiger partial charge >= 0.3 is 5.97 Å². The molecule has 1 heterocycles. The molecular formula is C14H15N3O4. The molecule has 0 atom stereocenters. The van der Waals surface area contributed by atoms with Crippen LogP contribution in [0.4, 0.5) is 11.4 Å². The number of esters is 1. The van der Waals surface area contributed by atoms with E-state index in [-0.39, 0.29) is 18.2 Å². The Morgan fingerprint density at radius 1 is 1.38 bits per heavy atom. The first-order valence-electron chi connectivity index (χ1n) is 6.42. The Labute approximate surface area is 121 Å². The van der Waals surface area contributed by atoms with Gasteiger partial charge in [-0.15, -0.1) is 0 Å². The zero-order valence-corrected chi connectivity index (χ0v) is 11.8. The normalized spacial score (nSPS) is 10.4. The van der Waals surface area contributed by atoms with Crippen molar-refractivity contribution in [3.8, 4) is 0 Å². The lowest BCUT2D eigenvalue weighted by atomic mass is 10.1. The van der Waals surface area contributed by atoms with Crippen molar-refractivity contribution < 1.29 is 14.5 Å². The van der Waals surface area contributed by atoms with Gasteiger partial charge < -0.3 is 9.64 Å². The monoisotopic (exact) mass is 289 g/mol. The van der Waals surface area contributed by atoms with Crippen molar-refractivity contribution in [3.05, 3.63) is 40.7 Å². The minimum Gasteiger partial charge on any atom is -0.465 e. The number of rotatable bonds is 5. The summed E-state index contributed by atoms with van der Waals surface area (Å²) in [6.07, 6.45) is 3.06. The number of hydrogen-bond donors (Lipinski definition) is 0. The third-order valence-corrected chi connectivity index (χ3v) is 3.05. The maximum atomic E-state index is 11.6. The molecule has 0 amide bonds. The van der Waals surface area contributed by atoms with Crippen LogP contribution in [0.5, 0.6) is 0 Å². The molecule has 7 nitrogen and oxygen atoms in total. The predicted octanol–water partition coefficient (Wildman–Crippen LogP) is 2.14. The van der Waals surface area contributed by atoms with E-state index in [0.717, 1.165) is 0 Å². The predicted molar refractivity (Wildman–Crippen MR) is 78.3 cm³/mol. The highest BCUT2D eigenvalue weighted by atomic mass is 16.6. The second-order valence-electron chi connectivity index (χ2n) is 4.44. The molecule has 0 N–H and O–H groups in total. The highest BCUT2D eigenvalue weighted by Gasteiger charge is 2.17. The summed E-state index contributed by atoms with van der Waals surface area (Å²) in [6, 6.07) is 4.63. The zero-order valence-electron chi connectivity index (χ0n) is 11.8. The van der Waals surface area contributed by atoms with Crippen LogP contribution in [-0.2, 0) is 9.53 Å². The largest absolute Gasteiger partial charge is 0.465 e. The van der Waals surface area contributed by atoms with E-state index in [1.807, 2.05) is 0 Å². The number of fused-ring (bicyclic) bond motifs is 1. The molecule has 0 spiro atoms. The van der Waals surface area contributed by atoms with E-state index in [2.05, 4.69) is 4.98 Å². The molecule has 0 aliphatic rings. The molecule has 0 saturated carbocycles. The summed E-state index contributed by atoms with van der Waals surface area (Å²) in [5.74, 6) is -0.351. The first-order valence-corrected chi connectivity index (χ1v) is 6.42. The van der Waals surface area contributed by atoms with Crippen LogP contribution in [0.25, 0.3) is 10.8 Å². The fourth-order valence-corrected chi connectivity index (χ4v) is 2.14. The maximum Gasteiger partial charge on any atom is 0.325 e. The Balaban J connectivity index is 2.43. The van der Waals surface area contributed by atoms with Gasteiger partial charge in [0.05, 0.1) is 16.9 Å². The van der Waals surface area contributed by atoms with Gasteiger partial charge in [0.25, 0.3) is 5.69 Å². The summed E-state index contributed by atoms with van der Waals surface area (Å²) in [7, 11) is 1.73. The Bertz CT molecular complexity index is 687. The second kappa shape index (κ2) is 6.17. The van der Waals surface area contributed by atoms with Crippen LogP contribution in [0.3, 0.4) is 0 Å². The molecule has 1 aromatic heterocycles. The minimum atomic E-state index is -0.433. The van der Waals surface area contributed by atoms with Gasteiger partial charge in [0, 0.05) is 36.6 Å². The van der Waals surface area contributed by atoms with Crippen molar-refractivity contribution in [1.29, 1.82) is 0 Å². The number of nitro benzene ring substituents is 1. The summed E-state index contributed by atoms with van der Waals surface area (Å²) in [4.78, 5) is 27.9. The molecule has 0 unspecified atom stereocenters. The van der Waals surface area contributed by atoms with Crippen LogP contribution in [0, 0.1) is 10.1 Å². The number of benzene rings is 1. The van der Waals surface area contributed by atoms with E-state index >= 15 is 0 Å². The van der Waals surface area contributed by atoms with E-state index < -0.39 is 4.92 Å². The van der Waals surface area contributed by atoms with Crippen molar-refractivity contribution >= 4 is 28.1 Å². The van der Waals surface area contributed by atoms with Crippen LogP contribution < -0.4 is 4.90 Å². The molecule has 110 valence electrons. The molecule has 21 heavy (non-hydrogen) atoms. The molecule has 0 saturated heterocycles. The molecule has 0 aliphatic heterocycles. The number of pyridine rings is 1. The lowest BCUT2D eigenvalue weighted by Gasteiger charge is -2.19. The van der Waals surface area contributed by atoms with Crippen molar-refractivity contribution in [2.75, 3.05) is 25.1 Å². The minimum absolute atomic E-state index is 0.0145. The van der Waals surface area contributed by atoms with Gasteiger partial charge in [-0.2, -0.15) is 0 Å². The topological polar surface area (TPSA) is 85.6 Å². The van der Waals surface area contributed by atoms with Crippen molar-refractivity contribution in [1.82, 2.24) is 4.98 Å². The molecule has 0 aliphatic carbocycles. The first-order chi connectivity index (χ1) is 10.0. The van der Waals surface area contributed by atoms with Crippen molar-refractivity contribution in [3.63, 3.8) is 0 Å². The van der Waals surface area contributed by atoms with E-state index in [4.69, 9.17) is 4.74 Å². The maximum absolute atomic E-state index is 11.6. The summed E-state index contributed by atoms with van der Waals surface area (Å²) in [6.45, 7) is 2.12. The highest BCUT2D eigenvalue weighted by Crippen LogP contribution is 2.32. The van der Waals surface area contributed by atoms with Crippen LogP contribution in [0.2, 0.25) is 0 Å².